The number of nitrogens with one attached hydrogen (secondary N) is 1. The van der Waals surface area contributed by atoms with Gasteiger partial charge in [0.1, 0.15) is 5.75 Å². The van der Waals surface area contributed by atoms with Gasteiger partial charge in [0.15, 0.2) is 0 Å². The van der Waals surface area contributed by atoms with E-state index in [1.165, 1.54) is 0 Å². The molecule has 1 N–H and O–H groups in total. The smallest absolute Gasteiger partial charge is 0.247 e. The van der Waals surface area contributed by atoms with Crippen LogP contribution in [0.3, 0.4) is 0 Å². The third-order valence-corrected chi connectivity index (χ3v) is 5.40. The Balaban J connectivity index is 1.72. The Kier molecular flexibility index (Phi) is 5.06. The van der Waals surface area contributed by atoms with Crippen LogP contribution >= 0.6 is 0 Å². The molecule has 1 aromatic heterocycles. The number of aryl methyl sites for hydroxylation is 2. The second-order valence-corrected chi connectivity index (χ2v) is 7.56. The van der Waals surface area contributed by atoms with Gasteiger partial charge in [-0.2, -0.15) is 0 Å². The Bertz CT molecular complexity index is 1010. The average molecular weight is 373 g/mol. The van der Waals surface area contributed by atoms with Crippen molar-refractivity contribution in [3.8, 4) is 17.2 Å². The number of hydrogen-bond acceptors (Lipinski definition) is 6. The topological polar surface area (TPSA) is 94.3 Å². The van der Waals surface area contributed by atoms with Crippen molar-refractivity contribution in [1.29, 1.82) is 0 Å². The summed E-state index contributed by atoms with van der Waals surface area (Å²) in [6.07, 6.45) is 0. The Hall–Kier alpha value is -2.71. The van der Waals surface area contributed by atoms with Gasteiger partial charge in [-0.3, -0.25) is 0 Å². The monoisotopic (exact) mass is 373 g/mol. The van der Waals surface area contributed by atoms with E-state index in [4.69, 9.17) is 9.15 Å². The normalized spacial score (nSPS) is 11.5. The second kappa shape index (κ2) is 7.27. The summed E-state index contributed by atoms with van der Waals surface area (Å²) in [4.78, 5) is 0.234. The highest BCUT2D eigenvalue weighted by Crippen LogP contribution is 2.21. The van der Waals surface area contributed by atoms with Gasteiger partial charge in [0.05, 0.1) is 18.6 Å². The molecule has 26 heavy (non-hydrogen) atoms. The summed E-state index contributed by atoms with van der Waals surface area (Å²) >= 11 is 0. The van der Waals surface area contributed by atoms with Gasteiger partial charge in [-0.15, -0.1) is 10.2 Å². The number of benzene rings is 2. The number of nitrogens with zero attached hydrogens (tertiary/aromatic N) is 2. The first kappa shape index (κ1) is 18.1. The molecule has 0 spiro atoms. The second-order valence-electron chi connectivity index (χ2n) is 5.82. The van der Waals surface area contributed by atoms with E-state index in [9.17, 15) is 8.42 Å². The predicted octanol–water partition coefficient (Wildman–Crippen LogP) is 2.84. The molecule has 0 aliphatic carbocycles. The van der Waals surface area contributed by atoms with Crippen LogP contribution in [0.4, 0.5) is 0 Å². The maximum Gasteiger partial charge on any atom is 0.247 e. The van der Waals surface area contributed by atoms with E-state index in [0.29, 0.717) is 11.5 Å². The van der Waals surface area contributed by atoms with E-state index < -0.39 is 10.0 Å². The van der Waals surface area contributed by atoms with E-state index in [2.05, 4.69) is 14.9 Å². The molecular weight excluding hydrogens is 354 g/mol. The highest BCUT2D eigenvalue weighted by Gasteiger charge is 2.18. The molecule has 3 rings (SSSR count). The molecule has 0 amide bonds. The lowest BCUT2D eigenvalue weighted by molar-refractivity contribution is 0.415. The summed E-state index contributed by atoms with van der Waals surface area (Å²) < 4.78 is 38.1. The van der Waals surface area contributed by atoms with Crippen molar-refractivity contribution in [2.75, 3.05) is 7.11 Å². The van der Waals surface area contributed by atoms with Crippen molar-refractivity contribution >= 4 is 10.0 Å². The van der Waals surface area contributed by atoms with Crippen molar-refractivity contribution in [3.63, 3.8) is 0 Å². The number of aromatic nitrogens is 2. The fraction of sp³-hybridized carbons (Fsp3) is 0.222. The molecule has 0 unspecified atom stereocenters. The van der Waals surface area contributed by atoms with Crippen molar-refractivity contribution in [3.05, 3.63) is 59.5 Å². The maximum absolute atomic E-state index is 12.5. The van der Waals surface area contributed by atoms with Crippen molar-refractivity contribution in [2.45, 2.75) is 25.3 Å². The molecular formula is C18H19N3O4S. The van der Waals surface area contributed by atoms with E-state index in [1.807, 2.05) is 13.0 Å². The molecule has 0 aliphatic heterocycles. The zero-order chi connectivity index (χ0) is 18.7. The van der Waals surface area contributed by atoms with Crippen LogP contribution in [0.25, 0.3) is 11.5 Å². The predicted molar refractivity (Wildman–Crippen MR) is 96.2 cm³/mol. The van der Waals surface area contributed by atoms with Crippen LogP contribution in [0.1, 0.15) is 17.0 Å². The summed E-state index contributed by atoms with van der Waals surface area (Å²) in [7, 11) is -2.08. The van der Waals surface area contributed by atoms with Crippen LogP contribution in [0, 0.1) is 13.8 Å². The van der Waals surface area contributed by atoms with Gasteiger partial charge in [0, 0.05) is 5.56 Å². The molecule has 8 heteroatoms. The lowest BCUT2D eigenvalue weighted by Gasteiger charge is -2.08. The number of methoxy groups -OCH3 is 1. The third-order valence-electron chi connectivity index (χ3n) is 3.84. The summed E-state index contributed by atoms with van der Waals surface area (Å²) in [6, 6.07) is 12.3. The van der Waals surface area contributed by atoms with Gasteiger partial charge >= 0.3 is 0 Å². The number of ether oxygens (including phenoxy) is 1. The molecule has 136 valence electrons. The van der Waals surface area contributed by atoms with E-state index in [0.717, 1.165) is 16.9 Å². The van der Waals surface area contributed by atoms with Crippen LogP contribution in [-0.2, 0) is 16.6 Å². The largest absolute Gasteiger partial charge is 0.497 e. The highest BCUT2D eigenvalue weighted by molar-refractivity contribution is 7.89. The molecule has 1 heterocycles. The van der Waals surface area contributed by atoms with Crippen LogP contribution in [-0.4, -0.2) is 25.7 Å². The van der Waals surface area contributed by atoms with Gasteiger partial charge in [-0.05, 0) is 49.7 Å². The lowest BCUT2D eigenvalue weighted by atomic mass is 10.2. The molecule has 3 aromatic rings. The Labute approximate surface area is 152 Å². The van der Waals surface area contributed by atoms with Crippen LogP contribution in [0.2, 0.25) is 0 Å². The first-order valence-corrected chi connectivity index (χ1v) is 9.41. The minimum atomic E-state index is -3.66. The molecule has 0 atom stereocenters. The molecule has 0 saturated carbocycles. The van der Waals surface area contributed by atoms with Crippen molar-refractivity contribution in [2.24, 2.45) is 0 Å². The first-order chi connectivity index (χ1) is 12.4. The number of sulfonamides is 1. The van der Waals surface area contributed by atoms with Crippen LogP contribution < -0.4 is 9.46 Å². The first-order valence-electron chi connectivity index (χ1n) is 7.93. The molecule has 0 saturated heterocycles. The van der Waals surface area contributed by atoms with Crippen molar-refractivity contribution < 1.29 is 17.6 Å². The van der Waals surface area contributed by atoms with E-state index in [1.54, 1.807) is 50.4 Å². The zero-order valence-electron chi connectivity index (χ0n) is 14.7. The van der Waals surface area contributed by atoms with E-state index in [-0.39, 0.29) is 17.3 Å². The maximum atomic E-state index is 12.5. The molecule has 2 aromatic carbocycles. The molecule has 7 nitrogen and oxygen atoms in total. The standard InChI is InChI=1S/C18H19N3O4S/c1-12-4-9-16(13(2)10-12)26(22,23)19-11-17-20-21-18(25-17)14-5-7-15(24-3)8-6-14/h4-10,19H,11H2,1-3H3. The van der Waals surface area contributed by atoms with Gasteiger partial charge in [0.2, 0.25) is 21.8 Å². The SMILES string of the molecule is COc1ccc(-c2nnc(CNS(=O)(=O)c3ccc(C)cc3C)o2)cc1. The Morgan fingerprint density at radius 3 is 2.46 bits per heavy atom. The highest BCUT2D eigenvalue weighted by atomic mass is 32.2. The van der Waals surface area contributed by atoms with Crippen LogP contribution in [0.5, 0.6) is 5.75 Å². The lowest BCUT2D eigenvalue weighted by Crippen LogP contribution is -2.24. The molecule has 0 fully saturated rings. The summed E-state index contributed by atoms with van der Waals surface area (Å²) in [6.45, 7) is 3.59. The molecule has 0 radical (unpaired) electrons. The van der Waals surface area contributed by atoms with Gasteiger partial charge in [-0.1, -0.05) is 17.7 Å². The Morgan fingerprint density at radius 1 is 1.08 bits per heavy atom. The van der Waals surface area contributed by atoms with Gasteiger partial charge in [0.25, 0.3) is 0 Å². The van der Waals surface area contributed by atoms with Crippen molar-refractivity contribution in [1.82, 2.24) is 14.9 Å². The van der Waals surface area contributed by atoms with Gasteiger partial charge < -0.3 is 9.15 Å². The van der Waals surface area contributed by atoms with Gasteiger partial charge in [-0.25, -0.2) is 13.1 Å². The quantitative estimate of drug-likeness (QED) is 0.714. The minimum absolute atomic E-state index is 0.0845. The molecule has 0 bridgehead atoms. The third kappa shape index (κ3) is 3.92. The summed E-state index contributed by atoms with van der Waals surface area (Å²) in [5.74, 6) is 1.22. The Morgan fingerprint density at radius 2 is 1.81 bits per heavy atom. The van der Waals surface area contributed by atoms with Crippen LogP contribution in [0.15, 0.2) is 51.8 Å². The number of hydrogen-bond donors (Lipinski definition) is 1. The average Bonchev–Trinajstić information content (AvgIpc) is 3.09. The summed E-state index contributed by atoms with van der Waals surface area (Å²) in [5, 5.41) is 7.85. The van der Waals surface area contributed by atoms with E-state index >= 15 is 0 Å². The fourth-order valence-corrected chi connectivity index (χ4v) is 3.71. The molecule has 0 aliphatic rings. The zero-order valence-corrected chi connectivity index (χ0v) is 15.5. The number of rotatable bonds is 6. The summed E-state index contributed by atoms with van der Waals surface area (Å²) in [5.41, 5.74) is 2.41. The fourth-order valence-electron chi connectivity index (χ4n) is 2.51. The minimum Gasteiger partial charge on any atom is -0.497 e.